The first kappa shape index (κ1) is 18.0. The summed E-state index contributed by atoms with van der Waals surface area (Å²) in [6, 6.07) is 0. The SMILES string of the molecule is CC(C)CC1=CC(CC(C)C)(C(N)=O)CC(CC(C)C)=C1. The van der Waals surface area contributed by atoms with Crippen LogP contribution in [0.4, 0.5) is 0 Å². The van der Waals surface area contributed by atoms with Crippen molar-refractivity contribution < 1.29 is 4.79 Å². The molecule has 1 aliphatic carbocycles. The van der Waals surface area contributed by atoms with E-state index in [1.165, 1.54) is 11.1 Å². The molecule has 120 valence electrons. The predicted octanol–water partition coefficient (Wildman–Crippen LogP) is 4.85. The summed E-state index contributed by atoms with van der Waals surface area (Å²) < 4.78 is 0. The third-order valence-electron chi connectivity index (χ3n) is 3.97. The summed E-state index contributed by atoms with van der Waals surface area (Å²) in [6.45, 7) is 13.2. The smallest absolute Gasteiger partial charge is 0.227 e. The molecule has 1 aliphatic rings. The van der Waals surface area contributed by atoms with Crippen LogP contribution in [0.25, 0.3) is 0 Å². The molecule has 21 heavy (non-hydrogen) atoms. The molecular weight excluding hydrogens is 258 g/mol. The second kappa shape index (κ2) is 7.29. The zero-order valence-corrected chi connectivity index (χ0v) is 14.7. The third-order valence-corrected chi connectivity index (χ3v) is 3.97. The van der Waals surface area contributed by atoms with Crippen molar-refractivity contribution in [3.05, 3.63) is 23.3 Å². The van der Waals surface area contributed by atoms with Crippen LogP contribution in [0, 0.1) is 23.2 Å². The highest BCUT2D eigenvalue weighted by Gasteiger charge is 2.38. The summed E-state index contributed by atoms with van der Waals surface area (Å²) in [6.07, 6.45) is 8.23. The Labute approximate surface area is 130 Å². The fraction of sp³-hybridized carbons (Fsp3) is 0.737. The summed E-state index contributed by atoms with van der Waals surface area (Å²) >= 11 is 0. The lowest BCUT2D eigenvalue weighted by Crippen LogP contribution is -2.38. The molecule has 0 bridgehead atoms. The molecule has 0 radical (unpaired) electrons. The van der Waals surface area contributed by atoms with Gasteiger partial charge in [0.2, 0.25) is 5.91 Å². The molecule has 1 amide bonds. The topological polar surface area (TPSA) is 43.1 Å². The van der Waals surface area contributed by atoms with Crippen molar-refractivity contribution in [2.24, 2.45) is 28.9 Å². The van der Waals surface area contributed by atoms with E-state index in [0.717, 1.165) is 25.7 Å². The largest absolute Gasteiger partial charge is 0.369 e. The Morgan fingerprint density at radius 1 is 1.10 bits per heavy atom. The Balaban J connectivity index is 3.16. The number of nitrogens with two attached hydrogens (primary N) is 1. The van der Waals surface area contributed by atoms with Crippen LogP contribution in [0.3, 0.4) is 0 Å². The van der Waals surface area contributed by atoms with Gasteiger partial charge in [-0.05, 0) is 43.4 Å². The fourth-order valence-electron chi connectivity index (χ4n) is 3.53. The van der Waals surface area contributed by atoms with Gasteiger partial charge >= 0.3 is 0 Å². The molecule has 0 aromatic carbocycles. The van der Waals surface area contributed by atoms with Crippen molar-refractivity contribution in [1.82, 2.24) is 0 Å². The second-order valence-corrected chi connectivity index (χ2v) is 8.01. The highest BCUT2D eigenvalue weighted by atomic mass is 16.1. The summed E-state index contributed by atoms with van der Waals surface area (Å²) in [5.41, 5.74) is 8.04. The van der Waals surface area contributed by atoms with E-state index >= 15 is 0 Å². The summed E-state index contributed by atoms with van der Waals surface area (Å²) in [5, 5.41) is 0. The maximum absolute atomic E-state index is 12.2. The first-order chi connectivity index (χ1) is 9.64. The van der Waals surface area contributed by atoms with Crippen LogP contribution in [0.2, 0.25) is 0 Å². The Hall–Kier alpha value is -1.05. The zero-order chi connectivity index (χ0) is 16.2. The first-order valence-electron chi connectivity index (χ1n) is 8.35. The van der Waals surface area contributed by atoms with E-state index in [2.05, 4.69) is 53.7 Å². The normalized spacial score (nSPS) is 22.7. The molecule has 0 heterocycles. The summed E-state index contributed by atoms with van der Waals surface area (Å²) in [4.78, 5) is 12.2. The lowest BCUT2D eigenvalue weighted by atomic mass is 9.69. The number of rotatable bonds is 7. The van der Waals surface area contributed by atoms with Gasteiger partial charge in [-0.25, -0.2) is 0 Å². The molecule has 1 rings (SSSR count). The van der Waals surface area contributed by atoms with Gasteiger partial charge in [-0.1, -0.05) is 64.8 Å². The number of hydrogen-bond donors (Lipinski definition) is 1. The zero-order valence-electron chi connectivity index (χ0n) is 14.7. The monoisotopic (exact) mass is 291 g/mol. The van der Waals surface area contributed by atoms with E-state index in [1.807, 2.05) is 0 Å². The van der Waals surface area contributed by atoms with Crippen LogP contribution in [-0.2, 0) is 4.79 Å². The number of allylic oxidation sites excluding steroid dienone is 3. The van der Waals surface area contributed by atoms with Gasteiger partial charge in [0.05, 0.1) is 5.41 Å². The van der Waals surface area contributed by atoms with Gasteiger partial charge in [0.25, 0.3) is 0 Å². The molecule has 1 unspecified atom stereocenters. The van der Waals surface area contributed by atoms with E-state index in [0.29, 0.717) is 17.8 Å². The maximum Gasteiger partial charge on any atom is 0.227 e. The number of amides is 1. The molecule has 2 nitrogen and oxygen atoms in total. The second-order valence-electron chi connectivity index (χ2n) is 8.01. The minimum Gasteiger partial charge on any atom is -0.369 e. The van der Waals surface area contributed by atoms with Crippen LogP contribution >= 0.6 is 0 Å². The van der Waals surface area contributed by atoms with Gasteiger partial charge in [-0.15, -0.1) is 0 Å². The van der Waals surface area contributed by atoms with Gasteiger partial charge in [-0.3, -0.25) is 4.79 Å². The van der Waals surface area contributed by atoms with Crippen molar-refractivity contribution in [2.45, 2.75) is 67.2 Å². The Morgan fingerprint density at radius 2 is 1.67 bits per heavy atom. The molecular formula is C19H33NO. The van der Waals surface area contributed by atoms with Crippen molar-refractivity contribution >= 4 is 5.91 Å². The number of primary amides is 1. The van der Waals surface area contributed by atoms with E-state index in [4.69, 9.17) is 5.73 Å². The van der Waals surface area contributed by atoms with Gasteiger partial charge in [0, 0.05) is 0 Å². The van der Waals surface area contributed by atoms with Crippen LogP contribution in [0.5, 0.6) is 0 Å². The van der Waals surface area contributed by atoms with Crippen LogP contribution < -0.4 is 5.73 Å². The molecule has 0 aliphatic heterocycles. The molecule has 1 atom stereocenters. The predicted molar refractivity (Wildman–Crippen MR) is 90.8 cm³/mol. The number of carbonyl (C=O) groups is 1. The molecule has 0 aromatic rings. The Kier molecular flexibility index (Phi) is 6.24. The van der Waals surface area contributed by atoms with E-state index < -0.39 is 5.41 Å². The van der Waals surface area contributed by atoms with Crippen molar-refractivity contribution in [3.63, 3.8) is 0 Å². The van der Waals surface area contributed by atoms with Crippen LogP contribution in [0.15, 0.2) is 23.3 Å². The average molecular weight is 291 g/mol. The average Bonchev–Trinajstić information content (AvgIpc) is 2.24. The fourth-order valence-corrected chi connectivity index (χ4v) is 3.53. The highest BCUT2D eigenvalue weighted by Crippen LogP contribution is 2.42. The molecule has 0 spiro atoms. The molecule has 2 N–H and O–H groups in total. The minimum absolute atomic E-state index is 0.160. The molecule has 0 fully saturated rings. The summed E-state index contributed by atoms with van der Waals surface area (Å²) in [7, 11) is 0. The highest BCUT2D eigenvalue weighted by molar-refractivity contribution is 5.84. The van der Waals surface area contributed by atoms with Gasteiger partial charge in [0.15, 0.2) is 0 Å². The Morgan fingerprint density at radius 3 is 2.10 bits per heavy atom. The Bertz CT molecular complexity index is 429. The molecule has 2 heteroatoms. The molecule has 0 aromatic heterocycles. The quantitative estimate of drug-likeness (QED) is 0.715. The lowest BCUT2D eigenvalue weighted by molar-refractivity contribution is -0.126. The third kappa shape index (κ3) is 5.33. The van der Waals surface area contributed by atoms with Crippen molar-refractivity contribution in [3.8, 4) is 0 Å². The summed E-state index contributed by atoms with van der Waals surface area (Å²) in [5.74, 6) is 1.51. The number of carbonyl (C=O) groups excluding carboxylic acids is 1. The lowest BCUT2D eigenvalue weighted by Gasteiger charge is -2.35. The van der Waals surface area contributed by atoms with Crippen LogP contribution in [0.1, 0.15) is 67.2 Å². The molecule has 0 saturated carbocycles. The molecule has 0 saturated heterocycles. The van der Waals surface area contributed by atoms with Crippen molar-refractivity contribution in [2.75, 3.05) is 0 Å². The standard InChI is InChI=1S/C19H33NO/c1-13(2)7-16-9-17(8-14(3)4)12-19(11-16,18(20)21)10-15(5)6/h9,11,13-15H,7-8,10,12H2,1-6H3,(H2,20,21). The minimum atomic E-state index is -0.475. The van der Waals surface area contributed by atoms with E-state index in [-0.39, 0.29) is 5.91 Å². The first-order valence-corrected chi connectivity index (χ1v) is 8.35. The number of hydrogen-bond acceptors (Lipinski definition) is 1. The van der Waals surface area contributed by atoms with E-state index in [1.54, 1.807) is 0 Å². The van der Waals surface area contributed by atoms with Crippen molar-refractivity contribution in [1.29, 1.82) is 0 Å². The van der Waals surface area contributed by atoms with Crippen LogP contribution in [-0.4, -0.2) is 5.91 Å². The van der Waals surface area contributed by atoms with Gasteiger partial charge in [-0.2, -0.15) is 0 Å². The van der Waals surface area contributed by atoms with Gasteiger partial charge < -0.3 is 5.73 Å². The van der Waals surface area contributed by atoms with Gasteiger partial charge in [0.1, 0.15) is 0 Å². The maximum atomic E-state index is 12.2. The van der Waals surface area contributed by atoms with E-state index in [9.17, 15) is 4.79 Å².